The Morgan fingerprint density at radius 3 is 1.37 bits per heavy atom. The molecule has 4 bridgehead atoms. The number of H-pyrrole nitrogens is 2. The van der Waals surface area contributed by atoms with Crippen LogP contribution in [0.2, 0.25) is 0 Å². The van der Waals surface area contributed by atoms with E-state index in [1.807, 2.05) is 39.8 Å². The summed E-state index contributed by atoms with van der Waals surface area (Å²) in [5.74, 6) is -0.781. The SMILES string of the molecule is CC1(C)O[C@@]23CC[C@]4(C)c5cc6[nH]c7ccccc7c6cc5CC[C@H]4C2=CC(=O)[C@@H]1O3.CC1(C)O[C@@]23CC[C@]4(C)c5cc6[nH]c7ccccc7c6cc5CC[C@H]4C2=CC(=O)[C@@H]1O3. The van der Waals surface area contributed by atoms with Crippen LogP contribution in [0, 0.1) is 11.8 Å². The van der Waals surface area contributed by atoms with Crippen LogP contribution in [0.1, 0.15) is 102 Å². The van der Waals surface area contributed by atoms with Crippen molar-refractivity contribution >= 4 is 55.2 Å². The Bertz CT molecular complexity index is 2870. The number of hydrogen-bond donors (Lipinski definition) is 2. The molecule has 8 aliphatic rings. The summed E-state index contributed by atoms with van der Waals surface area (Å²) in [6.45, 7) is 12.7. The van der Waals surface area contributed by atoms with Crippen molar-refractivity contribution in [1.82, 2.24) is 9.97 Å². The first-order valence-electron chi connectivity index (χ1n) is 23.0. The number of para-hydroxylation sites is 2. The fourth-order valence-corrected chi connectivity index (χ4v) is 14.1. The minimum atomic E-state index is -0.713. The van der Waals surface area contributed by atoms with Gasteiger partial charge in [-0.15, -0.1) is 0 Å². The molecule has 0 radical (unpaired) electrons. The molecule has 4 aliphatic heterocycles. The van der Waals surface area contributed by atoms with Gasteiger partial charge in [-0.05, 0) is 171 Å². The Hall–Kier alpha value is -4.86. The molecule has 0 amide bonds. The van der Waals surface area contributed by atoms with Crippen molar-refractivity contribution in [2.75, 3.05) is 0 Å². The summed E-state index contributed by atoms with van der Waals surface area (Å²) in [7, 11) is 0. The van der Waals surface area contributed by atoms with Gasteiger partial charge in [0.2, 0.25) is 0 Å². The lowest BCUT2D eigenvalue weighted by atomic mass is 9.55. The number of aromatic amines is 2. The predicted molar refractivity (Wildman–Crippen MR) is 240 cm³/mol. The van der Waals surface area contributed by atoms with Crippen LogP contribution in [0.15, 0.2) is 96.1 Å². The average Bonchev–Trinajstić information content (AvgIpc) is 3.93. The molecule has 2 aromatic heterocycles. The van der Waals surface area contributed by atoms with Crippen LogP contribution in [0.4, 0.5) is 0 Å². The first-order valence-corrected chi connectivity index (χ1v) is 23.0. The van der Waals surface area contributed by atoms with Gasteiger partial charge in [0, 0.05) is 56.5 Å². The van der Waals surface area contributed by atoms with Crippen molar-refractivity contribution in [2.24, 2.45) is 11.8 Å². The monoisotopic (exact) mass is 826 g/mol. The van der Waals surface area contributed by atoms with E-state index in [4.69, 9.17) is 18.9 Å². The van der Waals surface area contributed by atoms with E-state index in [0.717, 1.165) is 62.5 Å². The Morgan fingerprint density at radius 1 is 0.516 bits per heavy atom. The van der Waals surface area contributed by atoms with Crippen LogP contribution in [0.25, 0.3) is 43.6 Å². The molecular weight excluding hydrogens is 773 g/mol. The maximum absolute atomic E-state index is 12.9. The lowest BCUT2D eigenvalue weighted by Crippen LogP contribution is -2.53. The lowest BCUT2D eigenvalue weighted by Gasteiger charge is -2.53. The van der Waals surface area contributed by atoms with Gasteiger partial charge in [-0.25, -0.2) is 0 Å². The number of carbonyl (C=O) groups excluding carboxylic acids is 2. The van der Waals surface area contributed by atoms with Crippen LogP contribution < -0.4 is 0 Å². The molecule has 2 saturated carbocycles. The van der Waals surface area contributed by atoms with E-state index in [0.29, 0.717) is 0 Å². The highest BCUT2D eigenvalue weighted by Gasteiger charge is 2.66. The standard InChI is InChI=1S/2C27H27NO3/c2*1-25(2)24-23(29)14-20-18-9-8-15-12-17-16-6-4-5-7-21(16)28-22(17)13-19(15)26(18,3)10-11-27(20,30-24)31-25/h2*4-7,12-14,18,24,28H,8-11H2,1-3H3/t2*18-,24-,26-,27-/m00/s1. The number of aromatic nitrogens is 2. The zero-order valence-electron chi connectivity index (χ0n) is 36.5. The number of benzene rings is 4. The van der Waals surface area contributed by atoms with Crippen LogP contribution >= 0.6 is 0 Å². The molecule has 4 aromatic carbocycles. The molecule has 2 spiro atoms. The Kier molecular flexibility index (Phi) is 7.31. The number of aryl methyl sites for hydroxylation is 2. The summed E-state index contributed by atoms with van der Waals surface area (Å²) < 4.78 is 25.7. The molecule has 0 unspecified atom stereocenters. The van der Waals surface area contributed by atoms with E-state index in [-0.39, 0.29) is 34.2 Å². The van der Waals surface area contributed by atoms with Gasteiger partial charge in [-0.1, -0.05) is 50.2 Å². The molecule has 316 valence electrons. The minimum Gasteiger partial charge on any atom is -0.355 e. The van der Waals surface area contributed by atoms with Gasteiger partial charge >= 0.3 is 0 Å². The third kappa shape index (κ3) is 4.82. The van der Waals surface area contributed by atoms with Gasteiger partial charge in [-0.2, -0.15) is 0 Å². The van der Waals surface area contributed by atoms with E-state index in [2.05, 4.69) is 96.6 Å². The normalized spacial score (nSPS) is 35.6. The first kappa shape index (κ1) is 37.7. The van der Waals surface area contributed by atoms with Gasteiger partial charge in [0.05, 0.1) is 0 Å². The Morgan fingerprint density at radius 2 is 0.935 bits per heavy atom. The highest BCUT2D eigenvalue weighted by atomic mass is 16.8. The summed E-state index contributed by atoms with van der Waals surface area (Å²) in [6, 6.07) is 26.6. The van der Waals surface area contributed by atoms with Crippen LogP contribution in [-0.4, -0.2) is 56.5 Å². The smallest absolute Gasteiger partial charge is 0.193 e. The van der Waals surface area contributed by atoms with E-state index in [1.165, 1.54) is 65.9 Å². The molecule has 2 N–H and O–H groups in total. The second-order valence-corrected chi connectivity index (χ2v) is 21.4. The highest BCUT2D eigenvalue weighted by Crippen LogP contribution is 2.63. The zero-order valence-corrected chi connectivity index (χ0v) is 36.5. The minimum absolute atomic E-state index is 0.0251. The number of nitrogens with one attached hydrogen (secondary N) is 2. The van der Waals surface area contributed by atoms with Crippen molar-refractivity contribution in [3.63, 3.8) is 0 Å². The van der Waals surface area contributed by atoms with Crippen molar-refractivity contribution in [3.8, 4) is 0 Å². The number of ether oxygens (including phenoxy) is 4. The molecule has 4 aliphatic carbocycles. The number of hydrogen-bond acceptors (Lipinski definition) is 6. The fourth-order valence-electron chi connectivity index (χ4n) is 14.1. The molecule has 8 nitrogen and oxygen atoms in total. The molecule has 6 heterocycles. The van der Waals surface area contributed by atoms with Gasteiger partial charge in [0.15, 0.2) is 35.3 Å². The van der Waals surface area contributed by atoms with Gasteiger partial charge in [0.25, 0.3) is 0 Å². The summed E-state index contributed by atoms with van der Waals surface area (Å²) >= 11 is 0. The third-order valence-corrected chi connectivity index (χ3v) is 17.1. The van der Waals surface area contributed by atoms with E-state index >= 15 is 0 Å². The van der Waals surface area contributed by atoms with E-state index < -0.39 is 35.0 Å². The molecule has 62 heavy (non-hydrogen) atoms. The van der Waals surface area contributed by atoms with E-state index in [9.17, 15) is 9.59 Å². The largest absolute Gasteiger partial charge is 0.355 e. The maximum atomic E-state index is 12.9. The maximum Gasteiger partial charge on any atom is 0.193 e. The topological polar surface area (TPSA) is 103 Å². The van der Waals surface area contributed by atoms with Crippen molar-refractivity contribution in [3.05, 3.63) is 118 Å². The summed E-state index contributed by atoms with van der Waals surface area (Å²) in [5.41, 5.74) is 11.5. The van der Waals surface area contributed by atoms with Crippen molar-refractivity contribution in [1.29, 1.82) is 0 Å². The first-order chi connectivity index (χ1) is 29.6. The second-order valence-electron chi connectivity index (χ2n) is 21.4. The van der Waals surface area contributed by atoms with Crippen LogP contribution in [0.5, 0.6) is 0 Å². The Labute approximate surface area is 361 Å². The van der Waals surface area contributed by atoms with Gasteiger partial charge in [0.1, 0.15) is 11.2 Å². The summed E-state index contributed by atoms with van der Waals surface area (Å²) in [5, 5.41) is 5.19. The van der Waals surface area contributed by atoms with Crippen LogP contribution in [0.3, 0.4) is 0 Å². The third-order valence-electron chi connectivity index (χ3n) is 17.1. The number of ketones is 2. The summed E-state index contributed by atoms with van der Waals surface area (Å²) in [4.78, 5) is 33.1. The zero-order chi connectivity index (χ0) is 42.3. The quantitative estimate of drug-likeness (QED) is 0.158. The number of fused-ring (bicyclic) bond motifs is 16. The van der Waals surface area contributed by atoms with Gasteiger partial charge < -0.3 is 28.9 Å². The van der Waals surface area contributed by atoms with Gasteiger partial charge in [-0.3, -0.25) is 9.59 Å². The predicted octanol–water partition coefficient (Wildman–Crippen LogP) is 10.7. The molecule has 2 saturated heterocycles. The summed E-state index contributed by atoms with van der Waals surface area (Å²) in [6.07, 6.45) is 10.5. The molecule has 6 aromatic rings. The molecule has 8 atom stereocenters. The highest BCUT2D eigenvalue weighted by molar-refractivity contribution is 6.09. The average molecular weight is 827 g/mol. The van der Waals surface area contributed by atoms with Crippen LogP contribution in [-0.2, 0) is 52.2 Å². The molecule has 8 heteroatoms. The molecule has 4 fully saturated rings. The van der Waals surface area contributed by atoms with E-state index in [1.54, 1.807) is 0 Å². The lowest BCUT2D eigenvalue weighted by molar-refractivity contribution is -0.188. The number of carbonyl (C=O) groups is 2. The fraction of sp³-hybridized carbons (Fsp3) is 0.444. The number of rotatable bonds is 0. The van der Waals surface area contributed by atoms with Crippen molar-refractivity contribution < 1.29 is 28.5 Å². The molecular formula is C54H54N2O6. The van der Waals surface area contributed by atoms with Crippen molar-refractivity contribution in [2.45, 2.75) is 139 Å². The molecule has 14 rings (SSSR count). The Balaban J connectivity index is 0.000000126. The second kappa shape index (κ2) is 12.0.